The van der Waals surface area contributed by atoms with Crippen LogP contribution < -0.4 is 10.6 Å². The molecule has 5 heteroatoms. The molecule has 0 atom stereocenters. The molecule has 18 heavy (non-hydrogen) atoms. The van der Waals surface area contributed by atoms with Crippen molar-refractivity contribution in [2.75, 3.05) is 17.2 Å². The number of nitrogens with zero attached hydrogens (tertiary/aromatic N) is 2. The van der Waals surface area contributed by atoms with Crippen LogP contribution in [-0.4, -0.2) is 17.6 Å². The Labute approximate surface area is 105 Å². The molecule has 0 aliphatic carbocycles. The third kappa shape index (κ3) is 2.20. The second-order valence-electron chi connectivity index (χ2n) is 3.94. The van der Waals surface area contributed by atoms with Gasteiger partial charge in [0.05, 0.1) is 17.1 Å². The molecule has 1 aromatic carbocycles. The monoisotopic (exact) mass is 245 g/mol. The molecule has 0 saturated heterocycles. The Morgan fingerprint density at radius 2 is 2.17 bits per heavy atom. The second-order valence-corrected chi connectivity index (χ2v) is 3.94. The number of nitrogen functional groups attached to an aromatic ring is 1. The number of benzene rings is 1. The summed E-state index contributed by atoms with van der Waals surface area (Å²) in [4.78, 5) is 13.8. The summed E-state index contributed by atoms with van der Waals surface area (Å²) < 4.78 is 4.99. The van der Waals surface area contributed by atoms with Gasteiger partial charge in [-0.3, -0.25) is 4.79 Å². The molecule has 2 aromatic rings. The van der Waals surface area contributed by atoms with Gasteiger partial charge in [-0.15, -0.1) is 0 Å². The highest BCUT2D eigenvalue weighted by molar-refractivity contribution is 6.05. The summed E-state index contributed by atoms with van der Waals surface area (Å²) in [7, 11) is 0. The van der Waals surface area contributed by atoms with E-state index in [9.17, 15) is 4.79 Å². The zero-order chi connectivity index (χ0) is 13.1. The topological polar surface area (TPSA) is 72.4 Å². The molecule has 0 radical (unpaired) electrons. The van der Waals surface area contributed by atoms with Crippen molar-refractivity contribution in [2.45, 2.75) is 13.8 Å². The van der Waals surface area contributed by atoms with Gasteiger partial charge in [-0.2, -0.15) is 0 Å². The molecular weight excluding hydrogens is 230 g/mol. The normalized spacial score (nSPS) is 10.3. The van der Waals surface area contributed by atoms with Gasteiger partial charge in [0.1, 0.15) is 0 Å². The molecule has 0 aliphatic heterocycles. The Bertz CT molecular complexity index is 563. The van der Waals surface area contributed by atoms with E-state index in [1.54, 1.807) is 30.0 Å². The number of aryl methyl sites for hydroxylation is 1. The van der Waals surface area contributed by atoms with Gasteiger partial charge in [0.2, 0.25) is 5.76 Å². The number of anilines is 2. The van der Waals surface area contributed by atoms with E-state index in [-0.39, 0.29) is 11.7 Å². The number of rotatable bonds is 3. The van der Waals surface area contributed by atoms with Crippen LogP contribution in [0.5, 0.6) is 0 Å². The third-order valence-electron chi connectivity index (χ3n) is 2.63. The van der Waals surface area contributed by atoms with Crippen molar-refractivity contribution in [3.8, 4) is 0 Å². The van der Waals surface area contributed by atoms with Crippen LogP contribution in [0.1, 0.15) is 23.2 Å². The van der Waals surface area contributed by atoms with Gasteiger partial charge in [-0.05, 0) is 26.0 Å². The molecule has 0 unspecified atom stereocenters. The molecule has 0 fully saturated rings. The van der Waals surface area contributed by atoms with Crippen LogP contribution >= 0.6 is 0 Å². The average Bonchev–Trinajstić information content (AvgIpc) is 2.79. The molecule has 94 valence electrons. The van der Waals surface area contributed by atoms with Crippen molar-refractivity contribution in [1.29, 1.82) is 0 Å². The van der Waals surface area contributed by atoms with Crippen LogP contribution in [0.15, 0.2) is 34.9 Å². The molecule has 5 nitrogen and oxygen atoms in total. The summed E-state index contributed by atoms with van der Waals surface area (Å²) in [5.74, 6) is -0.0198. The fourth-order valence-electron chi connectivity index (χ4n) is 1.75. The van der Waals surface area contributed by atoms with E-state index >= 15 is 0 Å². The first-order chi connectivity index (χ1) is 8.63. The lowest BCUT2D eigenvalue weighted by atomic mass is 10.2. The number of nitrogens with two attached hydrogens (primary N) is 1. The number of hydrogen-bond donors (Lipinski definition) is 1. The summed E-state index contributed by atoms with van der Waals surface area (Å²) in [6, 6.07) is 8.85. The molecule has 0 bridgehead atoms. The van der Waals surface area contributed by atoms with Gasteiger partial charge < -0.3 is 15.2 Å². The summed E-state index contributed by atoms with van der Waals surface area (Å²) >= 11 is 0. The van der Waals surface area contributed by atoms with Gasteiger partial charge in [0.25, 0.3) is 5.91 Å². The number of hydrogen-bond acceptors (Lipinski definition) is 4. The molecule has 1 aromatic heterocycles. The van der Waals surface area contributed by atoms with Gasteiger partial charge in [-0.25, -0.2) is 0 Å². The minimum atomic E-state index is -0.240. The number of aromatic nitrogens is 1. The Balaban J connectivity index is 2.35. The lowest BCUT2D eigenvalue weighted by Gasteiger charge is -2.21. The first-order valence-electron chi connectivity index (χ1n) is 5.73. The Morgan fingerprint density at radius 1 is 1.44 bits per heavy atom. The Kier molecular flexibility index (Phi) is 3.32. The van der Waals surface area contributed by atoms with Crippen LogP contribution in [0.25, 0.3) is 0 Å². The lowest BCUT2D eigenvalue weighted by Crippen LogP contribution is -2.31. The van der Waals surface area contributed by atoms with Crippen molar-refractivity contribution in [3.63, 3.8) is 0 Å². The zero-order valence-corrected chi connectivity index (χ0v) is 10.4. The molecule has 0 aliphatic rings. The molecular formula is C13H15N3O2. The van der Waals surface area contributed by atoms with E-state index < -0.39 is 0 Å². The van der Waals surface area contributed by atoms with Crippen molar-refractivity contribution in [2.24, 2.45) is 0 Å². The highest BCUT2D eigenvalue weighted by Gasteiger charge is 2.21. The maximum atomic E-state index is 12.3. The van der Waals surface area contributed by atoms with Crippen molar-refractivity contribution in [1.82, 2.24) is 5.16 Å². The SMILES string of the molecule is CCN(C(=O)c1cc(C)no1)c1ccccc1N. The van der Waals surface area contributed by atoms with E-state index in [2.05, 4.69) is 5.16 Å². The second kappa shape index (κ2) is 4.91. The first-order valence-corrected chi connectivity index (χ1v) is 5.73. The summed E-state index contributed by atoms with van der Waals surface area (Å²) in [5.41, 5.74) is 7.79. The average molecular weight is 245 g/mol. The molecule has 2 N–H and O–H groups in total. The molecule has 0 saturated carbocycles. The third-order valence-corrected chi connectivity index (χ3v) is 2.63. The minimum absolute atomic E-state index is 0.220. The van der Waals surface area contributed by atoms with Crippen LogP contribution in [-0.2, 0) is 0 Å². The highest BCUT2D eigenvalue weighted by atomic mass is 16.5. The summed E-state index contributed by atoms with van der Waals surface area (Å²) in [6.07, 6.45) is 0. The van der Waals surface area contributed by atoms with Crippen LogP contribution in [0, 0.1) is 6.92 Å². The number of carbonyl (C=O) groups is 1. The molecule has 2 rings (SSSR count). The van der Waals surface area contributed by atoms with Crippen molar-refractivity contribution in [3.05, 3.63) is 41.8 Å². The maximum Gasteiger partial charge on any atom is 0.296 e. The predicted octanol–water partition coefficient (Wildman–Crippen LogP) is 2.23. The maximum absolute atomic E-state index is 12.3. The number of amides is 1. The van der Waals surface area contributed by atoms with Gasteiger partial charge >= 0.3 is 0 Å². The summed E-state index contributed by atoms with van der Waals surface area (Å²) in [5, 5.41) is 3.72. The van der Waals surface area contributed by atoms with Gasteiger partial charge in [0, 0.05) is 12.6 Å². The van der Waals surface area contributed by atoms with E-state index in [4.69, 9.17) is 10.3 Å². The zero-order valence-electron chi connectivity index (χ0n) is 10.4. The van der Waals surface area contributed by atoms with E-state index in [0.29, 0.717) is 23.6 Å². The van der Waals surface area contributed by atoms with Gasteiger partial charge in [0.15, 0.2) is 0 Å². The van der Waals surface area contributed by atoms with Gasteiger partial charge in [-0.1, -0.05) is 17.3 Å². The molecule has 1 heterocycles. The largest absolute Gasteiger partial charge is 0.397 e. The minimum Gasteiger partial charge on any atom is -0.397 e. The highest BCUT2D eigenvalue weighted by Crippen LogP contribution is 2.24. The van der Waals surface area contributed by atoms with E-state index in [1.807, 2.05) is 19.1 Å². The van der Waals surface area contributed by atoms with Crippen LogP contribution in [0.4, 0.5) is 11.4 Å². The number of carbonyl (C=O) groups excluding carboxylic acids is 1. The Morgan fingerprint density at radius 3 is 2.72 bits per heavy atom. The van der Waals surface area contributed by atoms with Crippen molar-refractivity contribution >= 4 is 17.3 Å². The van der Waals surface area contributed by atoms with E-state index in [0.717, 1.165) is 0 Å². The molecule has 0 spiro atoms. The lowest BCUT2D eigenvalue weighted by molar-refractivity contribution is 0.0953. The fraction of sp³-hybridized carbons (Fsp3) is 0.231. The van der Waals surface area contributed by atoms with Crippen LogP contribution in [0.3, 0.4) is 0 Å². The van der Waals surface area contributed by atoms with Crippen molar-refractivity contribution < 1.29 is 9.32 Å². The fourth-order valence-corrected chi connectivity index (χ4v) is 1.75. The van der Waals surface area contributed by atoms with Crippen LogP contribution in [0.2, 0.25) is 0 Å². The predicted molar refractivity (Wildman–Crippen MR) is 69.4 cm³/mol. The van der Waals surface area contributed by atoms with E-state index in [1.165, 1.54) is 0 Å². The summed E-state index contributed by atoms with van der Waals surface area (Å²) in [6.45, 7) is 4.16. The standard InChI is InChI=1S/C13H15N3O2/c1-3-16(11-7-5-4-6-10(11)14)13(17)12-8-9(2)15-18-12/h4-8H,3,14H2,1-2H3. The smallest absolute Gasteiger partial charge is 0.296 e. The number of para-hydroxylation sites is 2. The first kappa shape index (κ1) is 12.2. The Hall–Kier alpha value is -2.30. The molecule has 1 amide bonds. The quantitative estimate of drug-likeness (QED) is 0.841.